The molecule has 0 spiro atoms. The Bertz CT molecular complexity index is 526. The quantitative estimate of drug-likeness (QED) is 0.897. The van der Waals surface area contributed by atoms with Gasteiger partial charge in [0.05, 0.1) is 6.54 Å². The van der Waals surface area contributed by atoms with Crippen LogP contribution in [-0.2, 0) is 13.1 Å². The van der Waals surface area contributed by atoms with Gasteiger partial charge < -0.3 is 10.3 Å². The molecule has 1 aromatic carbocycles. The van der Waals surface area contributed by atoms with Crippen LogP contribution >= 0.6 is 0 Å². The van der Waals surface area contributed by atoms with Gasteiger partial charge in [0.1, 0.15) is 5.82 Å². The van der Waals surface area contributed by atoms with E-state index in [-0.39, 0.29) is 0 Å². The van der Waals surface area contributed by atoms with E-state index in [9.17, 15) is 0 Å². The lowest BCUT2D eigenvalue weighted by atomic mass is 10.0. The van der Waals surface area contributed by atoms with Crippen LogP contribution in [0.3, 0.4) is 0 Å². The summed E-state index contributed by atoms with van der Waals surface area (Å²) in [6.07, 6.45) is 1.04. The van der Waals surface area contributed by atoms with Crippen molar-refractivity contribution in [3.05, 3.63) is 35.7 Å². The fourth-order valence-electron chi connectivity index (χ4n) is 2.18. The van der Waals surface area contributed by atoms with Crippen LogP contribution in [-0.4, -0.2) is 14.8 Å². The van der Waals surface area contributed by atoms with Crippen molar-refractivity contribution in [2.24, 2.45) is 5.73 Å². The molecule has 2 rings (SSSR count). The minimum absolute atomic E-state index is 0.428. The molecule has 0 saturated carbocycles. The van der Waals surface area contributed by atoms with Gasteiger partial charge in [0, 0.05) is 12.1 Å². The molecule has 0 atom stereocenters. The van der Waals surface area contributed by atoms with Gasteiger partial charge >= 0.3 is 0 Å². The van der Waals surface area contributed by atoms with Gasteiger partial charge in [-0.1, -0.05) is 45.0 Å². The van der Waals surface area contributed by atoms with E-state index in [1.165, 1.54) is 5.56 Å². The molecule has 4 nitrogen and oxygen atoms in total. The summed E-state index contributed by atoms with van der Waals surface area (Å²) in [4.78, 5) is 0. The highest BCUT2D eigenvalue weighted by atomic mass is 15.3. The van der Waals surface area contributed by atoms with E-state index in [0.29, 0.717) is 12.5 Å². The predicted molar refractivity (Wildman–Crippen MR) is 77.7 cm³/mol. The number of hydrogen-bond acceptors (Lipinski definition) is 3. The second-order valence-corrected chi connectivity index (χ2v) is 5.07. The minimum Gasteiger partial charge on any atom is -0.324 e. The Morgan fingerprint density at radius 1 is 1.16 bits per heavy atom. The number of benzene rings is 1. The maximum absolute atomic E-state index is 5.71. The number of aromatic nitrogens is 3. The largest absolute Gasteiger partial charge is 0.324 e. The number of nitrogens with two attached hydrogens (primary N) is 1. The summed E-state index contributed by atoms with van der Waals surface area (Å²) < 4.78 is 2.12. The van der Waals surface area contributed by atoms with Gasteiger partial charge in [-0.2, -0.15) is 0 Å². The van der Waals surface area contributed by atoms with Crippen LogP contribution in [0.15, 0.2) is 24.3 Å². The average Bonchev–Trinajstić information content (AvgIpc) is 2.82. The van der Waals surface area contributed by atoms with E-state index in [1.54, 1.807) is 0 Å². The molecule has 19 heavy (non-hydrogen) atoms. The highest BCUT2D eigenvalue weighted by Crippen LogP contribution is 2.22. The van der Waals surface area contributed by atoms with Gasteiger partial charge in [-0.05, 0) is 17.9 Å². The Kier molecular flexibility index (Phi) is 4.32. The van der Waals surface area contributed by atoms with Crippen molar-refractivity contribution >= 4 is 0 Å². The molecule has 0 fully saturated rings. The first-order valence-corrected chi connectivity index (χ1v) is 6.89. The maximum Gasteiger partial charge on any atom is 0.163 e. The summed E-state index contributed by atoms with van der Waals surface area (Å²) in [5.41, 5.74) is 8.15. The van der Waals surface area contributed by atoms with E-state index in [1.807, 2.05) is 0 Å². The fourth-order valence-corrected chi connectivity index (χ4v) is 2.18. The van der Waals surface area contributed by atoms with Crippen LogP contribution in [0.5, 0.6) is 0 Å². The first-order chi connectivity index (χ1) is 9.17. The predicted octanol–water partition coefficient (Wildman–Crippen LogP) is 2.94. The highest BCUT2D eigenvalue weighted by molar-refractivity contribution is 5.56. The molecule has 4 heteroatoms. The molecule has 0 unspecified atom stereocenters. The first-order valence-electron chi connectivity index (χ1n) is 6.89. The molecule has 2 aromatic rings. The Hall–Kier alpha value is -1.68. The molecule has 0 aliphatic carbocycles. The summed E-state index contributed by atoms with van der Waals surface area (Å²) >= 11 is 0. The molecular formula is C15H22N4. The SMILES string of the molecule is CCCn1c(CN)nnc1-c1ccc(C(C)C)cc1. The topological polar surface area (TPSA) is 56.7 Å². The van der Waals surface area contributed by atoms with Crippen LogP contribution in [0.2, 0.25) is 0 Å². The Labute approximate surface area is 114 Å². The zero-order chi connectivity index (χ0) is 13.8. The smallest absolute Gasteiger partial charge is 0.163 e. The van der Waals surface area contributed by atoms with E-state index in [0.717, 1.165) is 30.2 Å². The van der Waals surface area contributed by atoms with Crippen molar-refractivity contribution < 1.29 is 0 Å². The summed E-state index contributed by atoms with van der Waals surface area (Å²) in [6, 6.07) is 8.55. The molecule has 2 N–H and O–H groups in total. The molecule has 0 amide bonds. The second-order valence-electron chi connectivity index (χ2n) is 5.07. The third-order valence-electron chi connectivity index (χ3n) is 3.29. The molecule has 0 aliphatic rings. The lowest BCUT2D eigenvalue weighted by Gasteiger charge is -2.09. The van der Waals surface area contributed by atoms with Crippen molar-refractivity contribution in [1.82, 2.24) is 14.8 Å². The van der Waals surface area contributed by atoms with Crippen molar-refractivity contribution in [3.8, 4) is 11.4 Å². The number of hydrogen-bond donors (Lipinski definition) is 1. The van der Waals surface area contributed by atoms with Crippen LogP contribution in [0.4, 0.5) is 0 Å². The third-order valence-corrected chi connectivity index (χ3v) is 3.29. The number of nitrogens with zero attached hydrogens (tertiary/aromatic N) is 3. The van der Waals surface area contributed by atoms with E-state index in [4.69, 9.17) is 5.73 Å². The average molecular weight is 258 g/mol. The fraction of sp³-hybridized carbons (Fsp3) is 0.467. The Morgan fingerprint density at radius 3 is 2.37 bits per heavy atom. The zero-order valence-corrected chi connectivity index (χ0v) is 11.9. The minimum atomic E-state index is 0.428. The summed E-state index contributed by atoms with van der Waals surface area (Å²) in [5, 5.41) is 8.46. The molecule has 1 aromatic heterocycles. The molecule has 0 bridgehead atoms. The molecule has 102 valence electrons. The molecule has 0 aliphatic heterocycles. The Balaban J connectivity index is 2.38. The second kappa shape index (κ2) is 5.97. The number of rotatable bonds is 5. The molecule has 1 heterocycles. The third kappa shape index (κ3) is 2.84. The van der Waals surface area contributed by atoms with Crippen LogP contribution < -0.4 is 5.73 Å². The van der Waals surface area contributed by atoms with Gasteiger partial charge in [0.2, 0.25) is 0 Å². The van der Waals surface area contributed by atoms with Gasteiger partial charge in [-0.3, -0.25) is 0 Å². The lowest BCUT2D eigenvalue weighted by molar-refractivity contribution is 0.644. The highest BCUT2D eigenvalue weighted by Gasteiger charge is 2.12. The van der Waals surface area contributed by atoms with Crippen LogP contribution in [0, 0.1) is 0 Å². The van der Waals surface area contributed by atoms with Crippen molar-refractivity contribution in [1.29, 1.82) is 0 Å². The maximum atomic E-state index is 5.71. The van der Waals surface area contributed by atoms with Gasteiger partial charge in [0.15, 0.2) is 5.82 Å². The first kappa shape index (κ1) is 13.7. The molecular weight excluding hydrogens is 236 g/mol. The summed E-state index contributed by atoms with van der Waals surface area (Å²) in [6.45, 7) is 7.87. The van der Waals surface area contributed by atoms with Crippen LogP contribution in [0.25, 0.3) is 11.4 Å². The zero-order valence-electron chi connectivity index (χ0n) is 11.9. The standard InChI is InChI=1S/C15H22N4/c1-4-9-19-14(10-16)17-18-15(19)13-7-5-12(6-8-13)11(2)3/h5-8,11H,4,9-10,16H2,1-3H3. The summed E-state index contributed by atoms with van der Waals surface area (Å²) in [5.74, 6) is 2.31. The van der Waals surface area contributed by atoms with Crippen molar-refractivity contribution in [2.45, 2.75) is 46.2 Å². The monoisotopic (exact) mass is 258 g/mol. The van der Waals surface area contributed by atoms with Crippen molar-refractivity contribution in [3.63, 3.8) is 0 Å². The van der Waals surface area contributed by atoms with Crippen LogP contribution in [0.1, 0.15) is 44.5 Å². The van der Waals surface area contributed by atoms with E-state index in [2.05, 4.69) is 59.8 Å². The normalized spacial score (nSPS) is 11.2. The van der Waals surface area contributed by atoms with Gasteiger partial charge in [-0.15, -0.1) is 10.2 Å². The Morgan fingerprint density at radius 2 is 1.84 bits per heavy atom. The van der Waals surface area contributed by atoms with E-state index < -0.39 is 0 Å². The van der Waals surface area contributed by atoms with E-state index >= 15 is 0 Å². The summed E-state index contributed by atoms with van der Waals surface area (Å²) in [7, 11) is 0. The molecule has 0 saturated heterocycles. The van der Waals surface area contributed by atoms with Gasteiger partial charge in [0.25, 0.3) is 0 Å². The van der Waals surface area contributed by atoms with Gasteiger partial charge in [-0.25, -0.2) is 0 Å². The lowest BCUT2D eigenvalue weighted by Crippen LogP contribution is -2.09. The molecule has 0 radical (unpaired) electrons. The van der Waals surface area contributed by atoms with Crippen molar-refractivity contribution in [2.75, 3.05) is 0 Å².